The van der Waals surface area contributed by atoms with E-state index in [1.54, 1.807) is 19.1 Å². The summed E-state index contributed by atoms with van der Waals surface area (Å²) in [5.41, 5.74) is 0.773. The minimum atomic E-state index is -3.59. The second-order valence-electron chi connectivity index (χ2n) is 4.03. The Hall–Kier alpha value is -1.42. The Bertz CT molecular complexity index is 531. The molecular formula is C12H16N2O3S. The van der Waals surface area contributed by atoms with Crippen LogP contribution in [0.25, 0.3) is 0 Å². The molecule has 1 aromatic rings. The van der Waals surface area contributed by atoms with Gasteiger partial charge in [-0.3, -0.25) is 0 Å². The Kier molecular flexibility index (Phi) is 4.84. The Morgan fingerprint density at radius 1 is 1.39 bits per heavy atom. The second-order valence-corrected chi connectivity index (χ2v) is 6.03. The van der Waals surface area contributed by atoms with Gasteiger partial charge in [-0.15, -0.1) is 0 Å². The highest BCUT2D eigenvalue weighted by atomic mass is 32.2. The van der Waals surface area contributed by atoms with Crippen LogP contribution in [-0.2, 0) is 16.4 Å². The van der Waals surface area contributed by atoms with Crippen molar-refractivity contribution >= 4 is 10.0 Å². The number of hydrogen-bond acceptors (Lipinski definition) is 4. The van der Waals surface area contributed by atoms with Crippen LogP contribution < -0.4 is 0 Å². The lowest BCUT2D eigenvalue weighted by molar-refractivity contribution is 0.214. The molecule has 0 saturated carbocycles. The van der Waals surface area contributed by atoms with Crippen molar-refractivity contribution in [2.24, 2.45) is 0 Å². The summed E-state index contributed by atoms with van der Waals surface area (Å²) in [6, 6.07) is 7.71. The second kappa shape index (κ2) is 5.96. The number of hydrogen-bond donors (Lipinski definition) is 1. The van der Waals surface area contributed by atoms with Crippen LogP contribution in [-0.4, -0.2) is 37.5 Å². The van der Waals surface area contributed by atoms with Crippen molar-refractivity contribution in [3.05, 3.63) is 29.8 Å². The summed E-state index contributed by atoms with van der Waals surface area (Å²) in [5.74, 6) is 0. The SMILES string of the molecule is CC(CO)N(C)S(=O)(=O)c1ccc(CC#N)cc1. The summed E-state index contributed by atoms with van der Waals surface area (Å²) in [6.45, 7) is 1.39. The summed E-state index contributed by atoms with van der Waals surface area (Å²) in [7, 11) is -2.16. The van der Waals surface area contributed by atoms with Crippen molar-refractivity contribution in [3.63, 3.8) is 0 Å². The maximum absolute atomic E-state index is 12.2. The third-order valence-electron chi connectivity index (χ3n) is 2.77. The van der Waals surface area contributed by atoms with Gasteiger partial charge >= 0.3 is 0 Å². The van der Waals surface area contributed by atoms with Gasteiger partial charge in [-0.1, -0.05) is 12.1 Å². The Labute approximate surface area is 107 Å². The first kappa shape index (κ1) is 14.6. The highest BCUT2D eigenvalue weighted by Crippen LogP contribution is 2.17. The Morgan fingerprint density at radius 3 is 2.39 bits per heavy atom. The summed E-state index contributed by atoms with van der Waals surface area (Å²) in [6.07, 6.45) is 0.253. The van der Waals surface area contributed by atoms with Gasteiger partial charge in [0.1, 0.15) is 0 Å². The number of aliphatic hydroxyl groups excluding tert-OH is 1. The zero-order valence-corrected chi connectivity index (χ0v) is 11.2. The molecule has 1 atom stereocenters. The van der Waals surface area contributed by atoms with Crippen LogP contribution in [0.15, 0.2) is 29.2 Å². The van der Waals surface area contributed by atoms with E-state index in [2.05, 4.69) is 0 Å². The highest BCUT2D eigenvalue weighted by Gasteiger charge is 2.24. The molecule has 0 aliphatic heterocycles. The van der Waals surface area contributed by atoms with Crippen LogP contribution in [0, 0.1) is 11.3 Å². The minimum absolute atomic E-state index is 0.159. The number of rotatable bonds is 5. The standard InChI is InChI=1S/C12H16N2O3S/c1-10(9-15)14(2)18(16,17)12-5-3-11(4-6-12)7-8-13/h3-6,10,15H,7,9H2,1-2H3. The normalized spacial score (nSPS) is 13.3. The van der Waals surface area contributed by atoms with E-state index in [0.29, 0.717) is 0 Å². The lowest BCUT2D eigenvalue weighted by atomic mass is 10.2. The molecule has 18 heavy (non-hydrogen) atoms. The maximum atomic E-state index is 12.2. The molecule has 0 bridgehead atoms. The molecule has 0 fully saturated rings. The van der Waals surface area contributed by atoms with Crippen molar-refractivity contribution in [1.82, 2.24) is 4.31 Å². The number of nitriles is 1. The molecule has 5 nitrogen and oxygen atoms in total. The summed E-state index contributed by atoms with van der Waals surface area (Å²) < 4.78 is 25.4. The molecular weight excluding hydrogens is 252 g/mol. The fourth-order valence-corrected chi connectivity index (χ4v) is 2.74. The first-order chi connectivity index (χ1) is 8.43. The van der Waals surface area contributed by atoms with Crippen LogP contribution in [0.1, 0.15) is 12.5 Å². The van der Waals surface area contributed by atoms with Crippen LogP contribution in [0.5, 0.6) is 0 Å². The van der Waals surface area contributed by atoms with E-state index in [1.807, 2.05) is 6.07 Å². The Morgan fingerprint density at radius 2 is 1.94 bits per heavy atom. The molecule has 1 unspecified atom stereocenters. The smallest absolute Gasteiger partial charge is 0.243 e. The van der Waals surface area contributed by atoms with E-state index in [4.69, 9.17) is 10.4 Å². The quantitative estimate of drug-likeness (QED) is 0.854. The van der Waals surface area contributed by atoms with Gasteiger partial charge in [0.15, 0.2) is 0 Å². The monoisotopic (exact) mass is 268 g/mol. The van der Waals surface area contributed by atoms with Gasteiger partial charge in [0.25, 0.3) is 0 Å². The first-order valence-corrected chi connectivity index (χ1v) is 6.92. The largest absolute Gasteiger partial charge is 0.395 e. The fourth-order valence-electron chi connectivity index (χ4n) is 1.39. The predicted octanol–water partition coefficient (Wildman–Crippen LogP) is 0.754. The van der Waals surface area contributed by atoms with Crippen molar-refractivity contribution < 1.29 is 13.5 Å². The number of sulfonamides is 1. The zero-order chi connectivity index (χ0) is 13.8. The van der Waals surface area contributed by atoms with E-state index >= 15 is 0 Å². The average molecular weight is 268 g/mol. The molecule has 6 heteroatoms. The molecule has 0 amide bonds. The van der Waals surface area contributed by atoms with Gasteiger partial charge in [0, 0.05) is 13.1 Å². The maximum Gasteiger partial charge on any atom is 0.243 e. The van der Waals surface area contributed by atoms with E-state index in [9.17, 15) is 8.42 Å². The third-order valence-corrected chi connectivity index (χ3v) is 4.75. The van der Waals surface area contributed by atoms with E-state index in [1.165, 1.54) is 19.2 Å². The zero-order valence-electron chi connectivity index (χ0n) is 10.4. The molecule has 0 radical (unpaired) electrons. The van der Waals surface area contributed by atoms with Crippen LogP contribution >= 0.6 is 0 Å². The van der Waals surface area contributed by atoms with Crippen molar-refractivity contribution in [1.29, 1.82) is 5.26 Å². The van der Waals surface area contributed by atoms with Crippen molar-refractivity contribution in [2.45, 2.75) is 24.3 Å². The predicted molar refractivity (Wildman–Crippen MR) is 67.3 cm³/mol. The summed E-state index contributed by atoms with van der Waals surface area (Å²) in [5, 5.41) is 17.5. The molecule has 0 spiro atoms. The van der Waals surface area contributed by atoms with Crippen LogP contribution in [0.2, 0.25) is 0 Å². The highest BCUT2D eigenvalue weighted by molar-refractivity contribution is 7.89. The molecule has 1 aromatic carbocycles. The average Bonchev–Trinajstić information content (AvgIpc) is 2.38. The molecule has 0 heterocycles. The first-order valence-electron chi connectivity index (χ1n) is 5.48. The fraction of sp³-hybridized carbons (Fsp3) is 0.417. The van der Waals surface area contributed by atoms with E-state index in [-0.39, 0.29) is 17.9 Å². The number of benzene rings is 1. The lowest BCUT2D eigenvalue weighted by Crippen LogP contribution is -2.37. The number of likely N-dealkylation sites (N-methyl/N-ethyl adjacent to an activating group) is 1. The van der Waals surface area contributed by atoms with Crippen molar-refractivity contribution in [3.8, 4) is 6.07 Å². The van der Waals surface area contributed by atoms with Gasteiger partial charge in [-0.2, -0.15) is 9.57 Å². The summed E-state index contributed by atoms with van der Waals surface area (Å²) in [4.78, 5) is 0.159. The number of aliphatic hydroxyl groups is 1. The molecule has 98 valence electrons. The minimum Gasteiger partial charge on any atom is -0.395 e. The lowest BCUT2D eigenvalue weighted by Gasteiger charge is -2.22. The molecule has 0 saturated heterocycles. The Balaban J connectivity index is 3.03. The van der Waals surface area contributed by atoms with Gasteiger partial charge in [-0.25, -0.2) is 8.42 Å². The van der Waals surface area contributed by atoms with Crippen molar-refractivity contribution in [2.75, 3.05) is 13.7 Å². The molecule has 1 N–H and O–H groups in total. The molecule has 0 aromatic heterocycles. The number of nitrogens with zero attached hydrogens (tertiary/aromatic N) is 2. The van der Waals surface area contributed by atoms with E-state index < -0.39 is 16.1 Å². The van der Waals surface area contributed by atoms with Crippen LogP contribution in [0.3, 0.4) is 0 Å². The van der Waals surface area contributed by atoms with Crippen LogP contribution in [0.4, 0.5) is 0 Å². The topological polar surface area (TPSA) is 81.4 Å². The molecule has 0 aliphatic rings. The molecule has 0 aliphatic carbocycles. The molecule has 1 rings (SSSR count). The third kappa shape index (κ3) is 3.07. The summed E-state index contributed by atoms with van der Waals surface area (Å²) >= 11 is 0. The van der Waals surface area contributed by atoms with Gasteiger partial charge in [0.2, 0.25) is 10.0 Å². The van der Waals surface area contributed by atoms with Gasteiger partial charge < -0.3 is 5.11 Å². The van der Waals surface area contributed by atoms with Gasteiger partial charge in [-0.05, 0) is 24.6 Å². The van der Waals surface area contributed by atoms with Gasteiger partial charge in [0.05, 0.1) is 24.0 Å². The van der Waals surface area contributed by atoms with E-state index in [0.717, 1.165) is 9.87 Å².